The molecule has 5 heteroatoms. The lowest BCUT2D eigenvalue weighted by Crippen LogP contribution is -2.32. The molecule has 16 heavy (non-hydrogen) atoms. The topological polar surface area (TPSA) is 64.2 Å². The molecule has 0 aromatic carbocycles. The van der Waals surface area contributed by atoms with Crippen LogP contribution in [0.3, 0.4) is 0 Å². The van der Waals surface area contributed by atoms with Gasteiger partial charge in [-0.2, -0.15) is 0 Å². The van der Waals surface area contributed by atoms with Crippen LogP contribution in [-0.2, 0) is 13.5 Å². The Labute approximate surface area is 94.9 Å². The summed E-state index contributed by atoms with van der Waals surface area (Å²) < 4.78 is 1.59. The Morgan fingerprint density at radius 1 is 1.62 bits per heavy atom. The first kappa shape index (κ1) is 11.1. The quantitative estimate of drug-likeness (QED) is 0.757. The second kappa shape index (κ2) is 4.25. The van der Waals surface area contributed by atoms with Crippen molar-refractivity contribution in [2.45, 2.75) is 25.8 Å². The first-order chi connectivity index (χ1) is 7.61. The average Bonchev–Trinajstić information content (AvgIpc) is 2.68. The molecule has 2 N–H and O–H groups in total. The van der Waals surface area contributed by atoms with E-state index in [9.17, 15) is 4.79 Å². The van der Waals surface area contributed by atoms with Crippen molar-refractivity contribution in [2.24, 2.45) is 12.8 Å². The summed E-state index contributed by atoms with van der Waals surface area (Å²) >= 11 is 0. The van der Waals surface area contributed by atoms with Crippen molar-refractivity contribution >= 4 is 5.95 Å². The lowest BCUT2D eigenvalue weighted by molar-refractivity contribution is 0.730. The monoisotopic (exact) mass is 222 g/mol. The number of aromatic nitrogens is 2. The van der Waals surface area contributed by atoms with Gasteiger partial charge < -0.3 is 10.6 Å². The molecule has 88 valence electrons. The number of aryl methyl sites for hydroxylation is 1. The van der Waals surface area contributed by atoms with E-state index in [4.69, 9.17) is 5.73 Å². The van der Waals surface area contributed by atoms with Gasteiger partial charge in [0.05, 0.1) is 0 Å². The van der Waals surface area contributed by atoms with E-state index in [-0.39, 0.29) is 11.6 Å². The second-order valence-electron chi connectivity index (χ2n) is 4.29. The second-order valence-corrected chi connectivity index (χ2v) is 4.29. The fourth-order valence-electron chi connectivity index (χ4n) is 2.01. The highest BCUT2D eigenvalue weighted by Gasteiger charge is 2.22. The number of hydrogen-bond donors (Lipinski definition) is 1. The molecular weight excluding hydrogens is 204 g/mol. The highest BCUT2D eigenvalue weighted by molar-refractivity contribution is 5.34. The first-order valence-electron chi connectivity index (χ1n) is 5.69. The van der Waals surface area contributed by atoms with Crippen LogP contribution in [-0.4, -0.2) is 28.7 Å². The van der Waals surface area contributed by atoms with E-state index >= 15 is 0 Å². The maximum Gasteiger partial charge on any atom is 0.254 e. The normalized spacial score (nSPS) is 20.4. The molecule has 0 spiro atoms. The summed E-state index contributed by atoms with van der Waals surface area (Å²) in [5.74, 6) is 0.748. The summed E-state index contributed by atoms with van der Waals surface area (Å²) in [6.45, 7) is 3.67. The zero-order valence-corrected chi connectivity index (χ0v) is 9.81. The fourth-order valence-corrected chi connectivity index (χ4v) is 2.01. The van der Waals surface area contributed by atoms with Crippen LogP contribution in [0.1, 0.15) is 19.0 Å². The van der Waals surface area contributed by atoms with Crippen LogP contribution in [0, 0.1) is 0 Å². The minimum Gasteiger partial charge on any atom is -0.341 e. The van der Waals surface area contributed by atoms with Crippen molar-refractivity contribution < 1.29 is 0 Å². The zero-order valence-electron chi connectivity index (χ0n) is 9.81. The van der Waals surface area contributed by atoms with Crippen molar-refractivity contribution in [3.63, 3.8) is 0 Å². The van der Waals surface area contributed by atoms with Crippen LogP contribution in [0.15, 0.2) is 10.9 Å². The predicted molar refractivity (Wildman–Crippen MR) is 63.7 cm³/mol. The third-order valence-corrected chi connectivity index (χ3v) is 3.03. The average molecular weight is 222 g/mol. The number of rotatable bonds is 2. The summed E-state index contributed by atoms with van der Waals surface area (Å²) in [5.41, 5.74) is 6.71. The highest BCUT2D eigenvalue weighted by Crippen LogP contribution is 2.15. The lowest BCUT2D eigenvalue weighted by Gasteiger charge is -2.19. The van der Waals surface area contributed by atoms with Crippen LogP contribution >= 0.6 is 0 Å². The minimum absolute atomic E-state index is 0.00215. The molecule has 2 rings (SSSR count). The molecule has 1 atom stereocenters. The van der Waals surface area contributed by atoms with Gasteiger partial charge >= 0.3 is 0 Å². The van der Waals surface area contributed by atoms with E-state index in [2.05, 4.69) is 9.88 Å². The molecule has 2 heterocycles. The van der Waals surface area contributed by atoms with Crippen LogP contribution in [0.5, 0.6) is 0 Å². The van der Waals surface area contributed by atoms with E-state index in [0.717, 1.165) is 37.6 Å². The molecule has 1 aliphatic rings. The largest absolute Gasteiger partial charge is 0.341 e. The predicted octanol–water partition coefficient (Wildman–Crippen LogP) is -0.120. The molecule has 0 radical (unpaired) electrons. The summed E-state index contributed by atoms with van der Waals surface area (Å²) in [5, 5.41) is 0. The van der Waals surface area contributed by atoms with Gasteiger partial charge in [0.25, 0.3) is 5.56 Å². The van der Waals surface area contributed by atoms with E-state index in [0.29, 0.717) is 0 Å². The SMILES string of the molecule is CCc1cc(=O)n(C)c(N2CC[C@@H](N)C2)n1. The first-order valence-corrected chi connectivity index (χ1v) is 5.69. The molecule has 0 unspecified atom stereocenters. The van der Waals surface area contributed by atoms with E-state index in [1.54, 1.807) is 17.7 Å². The summed E-state index contributed by atoms with van der Waals surface area (Å²) in [7, 11) is 1.76. The summed E-state index contributed by atoms with van der Waals surface area (Å²) in [6.07, 6.45) is 1.75. The standard InChI is InChI=1S/C11H18N4O/c1-3-9-6-10(16)14(2)11(13-9)15-5-4-8(12)7-15/h6,8H,3-5,7,12H2,1-2H3/t8-/m1/s1. The van der Waals surface area contributed by atoms with Crippen LogP contribution < -0.4 is 16.2 Å². The number of anilines is 1. The third-order valence-electron chi connectivity index (χ3n) is 3.03. The maximum atomic E-state index is 11.7. The van der Waals surface area contributed by atoms with Gasteiger partial charge in [-0.15, -0.1) is 0 Å². The van der Waals surface area contributed by atoms with Crippen molar-refractivity contribution in [1.29, 1.82) is 0 Å². The van der Waals surface area contributed by atoms with Gasteiger partial charge in [-0.1, -0.05) is 6.92 Å². The lowest BCUT2D eigenvalue weighted by atomic mass is 10.3. The number of hydrogen-bond acceptors (Lipinski definition) is 4. The molecule has 1 aromatic rings. The Morgan fingerprint density at radius 3 is 2.94 bits per heavy atom. The van der Waals surface area contributed by atoms with Gasteiger partial charge in [0.15, 0.2) is 0 Å². The van der Waals surface area contributed by atoms with Crippen molar-refractivity contribution in [1.82, 2.24) is 9.55 Å². The Morgan fingerprint density at radius 2 is 2.38 bits per heavy atom. The molecule has 1 aromatic heterocycles. The Bertz CT molecular complexity index is 440. The molecule has 1 aliphatic heterocycles. The molecule has 5 nitrogen and oxygen atoms in total. The zero-order chi connectivity index (χ0) is 11.7. The van der Waals surface area contributed by atoms with Crippen LogP contribution in [0.25, 0.3) is 0 Å². The van der Waals surface area contributed by atoms with Gasteiger partial charge in [-0.3, -0.25) is 9.36 Å². The summed E-state index contributed by atoms with van der Waals surface area (Å²) in [6, 6.07) is 1.79. The third kappa shape index (κ3) is 1.95. The van der Waals surface area contributed by atoms with Crippen LogP contribution in [0.2, 0.25) is 0 Å². The molecule has 0 amide bonds. The molecule has 0 aliphatic carbocycles. The van der Waals surface area contributed by atoms with Gasteiger partial charge in [-0.25, -0.2) is 4.98 Å². The Hall–Kier alpha value is -1.36. The molecule has 1 saturated heterocycles. The van der Waals surface area contributed by atoms with E-state index < -0.39 is 0 Å². The van der Waals surface area contributed by atoms with Crippen molar-refractivity contribution in [2.75, 3.05) is 18.0 Å². The molecule has 1 fully saturated rings. The summed E-state index contributed by atoms with van der Waals surface area (Å²) in [4.78, 5) is 18.3. The Balaban J connectivity index is 2.39. The van der Waals surface area contributed by atoms with E-state index in [1.165, 1.54) is 0 Å². The van der Waals surface area contributed by atoms with E-state index in [1.807, 2.05) is 6.92 Å². The highest BCUT2D eigenvalue weighted by atomic mass is 16.1. The van der Waals surface area contributed by atoms with Gasteiger partial charge in [0.1, 0.15) is 0 Å². The van der Waals surface area contributed by atoms with Gasteiger partial charge in [0, 0.05) is 37.9 Å². The number of nitrogens with two attached hydrogens (primary N) is 1. The number of nitrogens with zero attached hydrogens (tertiary/aromatic N) is 3. The molecule has 0 bridgehead atoms. The molecule has 0 saturated carbocycles. The van der Waals surface area contributed by atoms with Gasteiger partial charge in [-0.05, 0) is 12.8 Å². The van der Waals surface area contributed by atoms with Gasteiger partial charge in [0.2, 0.25) is 5.95 Å². The van der Waals surface area contributed by atoms with Crippen molar-refractivity contribution in [3.8, 4) is 0 Å². The minimum atomic E-state index is 0.00215. The Kier molecular flexibility index (Phi) is 2.96. The molecular formula is C11H18N4O. The van der Waals surface area contributed by atoms with Crippen LogP contribution in [0.4, 0.5) is 5.95 Å². The van der Waals surface area contributed by atoms with Crippen molar-refractivity contribution in [3.05, 3.63) is 22.1 Å². The smallest absolute Gasteiger partial charge is 0.254 e. The maximum absolute atomic E-state index is 11.7. The fraction of sp³-hybridized carbons (Fsp3) is 0.636.